The molecule has 1 aromatic carbocycles. The van der Waals surface area contributed by atoms with E-state index in [1.165, 1.54) is 43.4 Å². The Kier molecular flexibility index (Phi) is 4.98. The van der Waals surface area contributed by atoms with Gasteiger partial charge in [0.25, 0.3) is 0 Å². The van der Waals surface area contributed by atoms with Gasteiger partial charge in [0.1, 0.15) is 5.82 Å². The molecule has 1 unspecified atom stereocenters. The van der Waals surface area contributed by atoms with Gasteiger partial charge in [0.2, 0.25) is 0 Å². The van der Waals surface area contributed by atoms with E-state index >= 15 is 0 Å². The minimum absolute atomic E-state index is 0.0995. The number of rotatable bonds is 1. The van der Waals surface area contributed by atoms with Crippen LogP contribution in [0.2, 0.25) is 0 Å². The number of halogens is 1. The first-order valence-corrected chi connectivity index (χ1v) is 7.60. The molecular formula is C17H26FN. The zero-order valence-electron chi connectivity index (χ0n) is 12.5. The van der Waals surface area contributed by atoms with E-state index in [4.69, 9.17) is 0 Å². The molecule has 3 rings (SSSR count). The van der Waals surface area contributed by atoms with Gasteiger partial charge in [-0.3, -0.25) is 0 Å². The molecule has 19 heavy (non-hydrogen) atoms. The molecule has 1 nitrogen and oxygen atoms in total. The minimum atomic E-state index is -0.0995. The third-order valence-corrected chi connectivity index (χ3v) is 4.63. The van der Waals surface area contributed by atoms with E-state index < -0.39 is 0 Å². The smallest absolute Gasteiger partial charge is 0.123 e. The maximum Gasteiger partial charge on any atom is 0.123 e. The van der Waals surface area contributed by atoms with Crippen molar-refractivity contribution in [3.05, 3.63) is 35.1 Å². The zero-order chi connectivity index (χ0) is 13.8. The molecule has 1 aliphatic heterocycles. The number of likely N-dealkylation sites (tertiary alicyclic amines) is 1. The Hall–Kier alpha value is -0.890. The van der Waals surface area contributed by atoms with E-state index in [1.807, 2.05) is 6.07 Å². The lowest BCUT2D eigenvalue weighted by atomic mass is 10.0. The number of hydrogen-bond acceptors (Lipinski definition) is 1. The molecule has 0 radical (unpaired) electrons. The van der Waals surface area contributed by atoms with Gasteiger partial charge in [-0.1, -0.05) is 19.9 Å². The molecule has 2 atom stereocenters. The Morgan fingerprint density at radius 1 is 1.32 bits per heavy atom. The van der Waals surface area contributed by atoms with Crippen LogP contribution in [-0.4, -0.2) is 24.5 Å². The first kappa shape index (κ1) is 14.5. The second kappa shape index (κ2) is 6.51. The molecular weight excluding hydrogens is 237 g/mol. The molecule has 0 spiro atoms. The number of benzene rings is 1. The summed E-state index contributed by atoms with van der Waals surface area (Å²) in [5.74, 6) is 0.457. The van der Waals surface area contributed by atoms with Gasteiger partial charge < -0.3 is 4.90 Å². The Bertz CT molecular complexity index is 416. The first-order chi connectivity index (χ1) is 9.11. The average Bonchev–Trinajstić information content (AvgIpc) is 2.97. The summed E-state index contributed by atoms with van der Waals surface area (Å²) in [7, 11) is 2.22. The molecule has 1 aromatic rings. The largest absolute Gasteiger partial charge is 0.303 e. The van der Waals surface area contributed by atoms with Crippen molar-refractivity contribution in [2.24, 2.45) is 0 Å². The fourth-order valence-electron chi connectivity index (χ4n) is 3.27. The van der Waals surface area contributed by atoms with E-state index in [1.54, 1.807) is 12.1 Å². The Morgan fingerprint density at radius 2 is 2.11 bits per heavy atom. The van der Waals surface area contributed by atoms with Crippen LogP contribution >= 0.6 is 0 Å². The lowest BCUT2D eigenvalue weighted by Crippen LogP contribution is -2.23. The molecule has 1 heterocycles. The summed E-state index contributed by atoms with van der Waals surface area (Å²) < 4.78 is 12.7. The summed E-state index contributed by atoms with van der Waals surface area (Å²) in [5.41, 5.74) is 2.55. The molecule has 1 fully saturated rings. The van der Waals surface area contributed by atoms with E-state index in [-0.39, 0.29) is 5.82 Å². The van der Waals surface area contributed by atoms with Crippen molar-refractivity contribution in [2.75, 3.05) is 13.6 Å². The highest BCUT2D eigenvalue weighted by atomic mass is 19.1. The molecule has 106 valence electrons. The summed E-state index contributed by atoms with van der Waals surface area (Å²) in [6, 6.07) is 6.04. The van der Waals surface area contributed by atoms with Gasteiger partial charge in [0, 0.05) is 6.04 Å². The number of hydrogen-bond donors (Lipinski definition) is 0. The quantitative estimate of drug-likeness (QED) is 0.727. The molecule has 0 saturated carbocycles. The molecule has 0 aromatic heterocycles. The van der Waals surface area contributed by atoms with Gasteiger partial charge in [-0.15, -0.1) is 0 Å². The van der Waals surface area contributed by atoms with Crippen LogP contribution in [0.25, 0.3) is 0 Å². The number of fused-ring (bicyclic) bond motifs is 1. The van der Waals surface area contributed by atoms with Gasteiger partial charge in [-0.25, -0.2) is 4.39 Å². The van der Waals surface area contributed by atoms with Gasteiger partial charge in [0.05, 0.1) is 0 Å². The Labute approximate surface area is 116 Å². The number of aryl methyl sites for hydroxylation is 1. The summed E-state index contributed by atoms with van der Waals surface area (Å²) in [5, 5.41) is 0. The van der Waals surface area contributed by atoms with E-state index in [0.717, 1.165) is 12.5 Å². The van der Waals surface area contributed by atoms with Crippen LogP contribution in [0.5, 0.6) is 0 Å². The van der Waals surface area contributed by atoms with Gasteiger partial charge in [-0.2, -0.15) is 0 Å². The molecule has 2 aliphatic rings. The van der Waals surface area contributed by atoms with Gasteiger partial charge in [-0.05, 0) is 74.9 Å². The predicted octanol–water partition coefficient (Wildman–Crippen LogP) is 4.37. The van der Waals surface area contributed by atoms with E-state index in [2.05, 4.69) is 25.8 Å². The zero-order valence-corrected chi connectivity index (χ0v) is 12.5. The molecule has 1 aliphatic carbocycles. The fourth-order valence-corrected chi connectivity index (χ4v) is 3.27. The monoisotopic (exact) mass is 263 g/mol. The van der Waals surface area contributed by atoms with Crippen LogP contribution < -0.4 is 0 Å². The second-order valence-electron chi connectivity index (χ2n) is 5.97. The van der Waals surface area contributed by atoms with Crippen molar-refractivity contribution in [1.29, 1.82) is 0 Å². The maximum atomic E-state index is 12.7. The lowest BCUT2D eigenvalue weighted by molar-refractivity contribution is 0.304. The summed E-state index contributed by atoms with van der Waals surface area (Å²) in [4.78, 5) is 2.46. The van der Waals surface area contributed by atoms with Crippen molar-refractivity contribution in [1.82, 2.24) is 4.90 Å². The average molecular weight is 263 g/mol. The summed E-state index contributed by atoms with van der Waals surface area (Å²) in [6.45, 7) is 5.75. The van der Waals surface area contributed by atoms with Gasteiger partial charge in [0.15, 0.2) is 0 Å². The van der Waals surface area contributed by atoms with Crippen molar-refractivity contribution < 1.29 is 4.39 Å². The second-order valence-corrected chi connectivity index (χ2v) is 5.97. The summed E-state index contributed by atoms with van der Waals surface area (Å²) >= 11 is 0. The van der Waals surface area contributed by atoms with Crippen molar-refractivity contribution in [3.8, 4) is 0 Å². The molecule has 0 bridgehead atoms. The van der Waals surface area contributed by atoms with Crippen molar-refractivity contribution in [3.63, 3.8) is 0 Å². The molecule has 0 amide bonds. The highest BCUT2D eigenvalue weighted by molar-refractivity contribution is 5.34. The highest BCUT2D eigenvalue weighted by Crippen LogP contribution is 2.32. The third kappa shape index (κ3) is 3.56. The minimum Gasteiger partial charge on any atom is -0.303 e. The van der Waals surface area contributed by atoms with E-state index in [0.29, 0.717) is 5.92 Å². The standard InChI is InChI=1S/C10H11F.C7H15N/c1-7-2-3-8-4-5-9(11)6-10(7)8;1-3-7-5-4-6-8(7)2/h4-7H,2-3H2,1H3;7H,3-6H2,1-2H3/t;7-/m.0/s1. The predicted molar refractivity (Wildman–Crippen MR) is 79.1 cm³/mol. The highest BCUT2D eigenvalue weighted by Gasteiger charge is 2.18. The maximum absolute atomic E-state index is 12.7. The van der Waals surface area contributed by atoms with E-state index in [9.17, 15) is 4.39 Å². The van der Waals surface area contributed by atoms with Crippen molar-refractivity contribution >= 4 is 0 Å². The molecule has 0 N–H and O–H groups in total. The van der Waals surface area contributed by atoms with Crippen LogP contribution in [0.1, 0.15) is 56.6 Å². The molecule has 1 saturated heterocycles. The van der Waals surface area contributed by atoms with Gasteiger partial charge >= 0.3 is 0 Å². The number of nitrogens with zero attached hydrogens (tertiary/aromatic N) is 1. The Morgan fingerprint density at radius 3 is 2.68 bits per heavy atom. The topological polar surface area (TPSA) is 3.24 Å². The Balaban J connectivity index is 0.000000148. The first-order valence-electron chi connectivity index (χ1n) is 7.60. The SMILES string of the molecule is CC1CCc2ccc(F)cc21.CC[C@H]1CCCN1C. The fraction of sp³-hybridized carbons (Fsp3) is 0.647. The van der Waals surface area contributed by atoms with Crippen LogP contribution in [0.4, 0.5) is 4.39 Å². The third-order valence-electron chi connectivity index (χ3n) is 4.63. The normalized spacial score (nSPS) is 25.9. The molecule has 2 heteroatoms. The van der Waals surface area contributed by atoms with Crippen molar-refractivity contribution in [2.45, 2.75) is 57.9 Å². The van der Waals surface area contributed by atoms with Crippen LogP contribution in [-0.2, 0) is 6.42 Å². The van der Waals surface area contributed by atoms with Crippen LogP contribution in [0.3, 0.4) is 0 Å². The van der Waals surface area contributed by atoms with Crippen LogP contribution in [0, 0.1) is 5.82 Å². The van der Waals surface area contributed by atoms with Crippen LogP contribution in [0.15, 0.2) is 18.2 Å². The lowest BCUT2D eigenvalue weighted by Gasteiger charge is -2.16. The summed E-state index contributed by atoms with van der Waals surface area (Å²) in [6.07, 6.45) is 6.47.